The molecule has 0 radical (unpaired) electrons. The zero-order valence-electron chi connectivity index (χ0n) is 13.9. The molecule has 25 heavy (non-hydrogen) atoms. The van der Waals surface area contributed by atoms with Crippen LogP contribution in [0.25, 0.3) is 0 Å². The highest BCUT2D eigenvalue weighted by molar-refractivity contribution is 5.93. The number of carbonyl (C=O) groups is 5. The molecule has 0 saturated carbocycles. The van der Waals surface area contributed by atoms with E-state index in [1.165, 1.54) is 0 Å². The zero-order valence-corrected chi connectivity index (χ0v) is 13.9. The van der Waals surface area contributed by atoms with Gasteiger partial charge in [-0.25, -0.2) is 4.79 Å². The van der Waals surface area contributed by atoms with Crippen LogP contribution in [0.15, 0.2) is 0 Å². The minimum atomic E-state index is -1.44. The van der Waals surface area contributed by atoms with Crippen molar-refractivity contribution in [3.63, 3.8) is 0 Å². The fourth-order valence-corrected chi connectivity index (χ4v) is 1.86. The lowest BCUT2D eigenvalue weighted by molar-refractivity contribution is -0.144. The first-order valence-electron chi connectivity index (χ1n) is 7.48. The molecule has 7 N–H and O–H groups in total. The second-order valence-corrected chi connectivity index (χ2v) is 5.77. The van der Waals surface area contributed by atoms with Crippen LogP contribution in [0.2, 0.25) is 0 Å². The number of carboxylic acid groups (broad SMARTS) is 3. The Morgan fingerprint density at radius 2 is 1.48 bits per heavy atom. The SMILES string of the molecule is CC(C)[C@H](NC(=O)[C@@H](N)CC(=O)O)C(=O)N[C@@H](CCC(=O)O)C(=O)O. The molecule has 142 valence electrons. The molecule has 0 aliphatic carbocycles. The van der Waals surface area contributed by atoms with Crippen LogP contribution in [0, 0.1) is 5.92 Å². The Bertz CT molecular complexity index is 534. The molecule has 0 spiro atoms. The summed E-state index contributed by atoms with van der Waals surface area (Å²) in [5.41, 5.74) is 5.41. The van der Waals surface area contributed by atoms with Crippen molar-refractivity contribution < 1.29 is 39.3 Å². The fourth-order valence-electron chi connectivity index (χ4n) is 1.86. The molecule has 0 aromatic carbocycles. The quantitative estimate of drug-likeness (QED) is 0.250. The van der Waals surface area contributed by atoms with Crippen molar-refractivity contribution in [3.05, 3.63) is 0 Å². The fraction of sp³-hybridized carbons (Fsp3) is 0.643. The summed E-state index contributed by atoms with van der Waals surface area (Å²) in [5, 5.41) is 30.7. The minimum absolute atomic E-state index is 0.326. The van der Waals surface area contributed by atoms with E-state index in [9.17, 15) is 24.0 Å². The molecule has 0 unspecified atom stereocenters. The van der Waals surface area contributed by atoms with Crippen LogP contribution < -0.4 is 16.4 Å². The van der Waals surface area contributed by atoms with Crippen molar-refractivity contribution in [1.29, 1.82) is 0 Å². The van der Waals surface area contributed by atoms with Crippen LogP contribution in [0.1, 0.15) is 33.1 Å². The third-order valence-electron chi connectivity index (χ3n) is 3.24. The first kappa shape index (κ1) is 22.3. The summed E-state index contributed by atoms with van der Waals surface area (Å²) in [7, 11) is 0. The second kappa shape index (κ2) is 10.2. The van der Waals surface area contributed by atoms with Crippen LogP contribution in [-0.4, -0.2) is 63.2 Å². The maximum Gasteiger partial charge on any atom is 0.326 e. The highest BCUT2D eigenvalue weighted by Gasteiger charge is 2.30. The third kappa shape index (κ3) is 8.65. The van der Waals surface area contributed by atoms with Crippen molar-refractivity contribution in [2.24, 2.45) is 11.7 Å². The van der Waals surface area contributed by atoms with Crippen LogP contribution in [0.4, 0.5) is 0 Å². The van der Waals surface area contributed by atoms with E-state index >= 15 is 0 Å². The van der Waals surface area contributed by atoms with Gasteiger partial charge in [0, 0.05) is 6.42 Å². The molecule has 11 heteroatoms. The molecule has 0 heterocycles. The maximum atomic E-state index is 12.2. The van der Waals surface area contributed by atoms with Crippen molar-refractivity contribution in [2.75, 3.05) is 0 Å². The molecule has 0 aliphatic heterocycles. The Balaban J connectivity index is 4.97. The number of amides is 2. The Hall–Kier alpha value is -2.69. The molecular weight excluding hydrogens is 338 g/mol. The molecule has 0 fully saturated rings. The third-order valence-corrected chi connectivity index (χ3v) is 3.24. The molecule has 11 nitrogen and oxygen atoms in total. The first-order chi connectivity index (χ1) is 11.5. The van der Waals surface area contributed by atoms with Gasteiger partial charge in [-0.1, -0.05) is 13.8 Å². The average molecular weight is 361 g/mol. The predicted molar refractivity (Wildman–Crippen MR) is 83.4 cm³/mol. The van der Waals surface area contributed by atoms with Gasteiger partial charge in [0.05, 0.1) is 12.5 Å². The largest absolute Gasteiger partial charge is 0.481 e. The van der Waals surface area contributed by atoms with E-state index < -0.39 is 66.6 Å². The van der Waals surface area contributed by atoms with Gasteiger partial charge in [0.15, 0.2) is 0 Å². The Morgan fingerprint density at radius 3 is 1.88 bits per heavy atom. The van der Waals surface area contributed by atoms with E-state index in [-0.39, 0.29) is 6.42 Å². The van der Waals surface area contributed by atoms with Gasteiger partial charge in [-0.15, -0.1) is 0 Å². The number of carboxylic acids is 3. The standard InChI is InChI=1S/C14H23N3O8/c1-6(2)11(17-12(22)7(15)5-10(20)21)13(23)16-8(14(24)25)3-4-9(18)19/h6-8,11H,3-5,15H2,1-2H3,(H,16,23)(H,17,22)(H,18,19)(H,20,21)(H,24,25)/t7-,8-,11-/m0/s1. The number of aliphatic carboxylic acids is 3. The molecule has 2 amide bonds. The lowest BCUT2D eigenvalue weighted by Gasteiger charge is -2.25. The number of hydrogen-bond donors (Lipinski definition) is 6. The molecule has 0 aromatic heterocycles. The lowest BCUT2D eigenvalue weighted by atomic mass is 10.0. The number of rotatable bonds is 11. The highest BCUT2D eigenvalue weighted by atomic mass is 16.4. The van der Waals surface area contributed by atoms with Gasteiger partial charge in [-0.05, 0) is 12.3 Å². The molecular formula is C14H23N3O8. The van der Waals surface area contributed by atoms with Crippen LogP contribution >= 0.6 is 0 Å². The summed E-state index contributed by atoms with van der Waals surface area (Å²) >= 11 is 0. The first-order valence-corrected chi connectivity index (χ1v) is 7.48. The molecule has 0 saturated heterocycles. The molecule has 0 bridgehead atoms. The number of carbonyl (C=O) groups excluding carboxylic acids is 2. The van der Waals surface area contributed by atoms with Crippen molar-refractivity contribution in [3.8, 4) is 0 Å². The monoisotopic (exact) mass is 361 g/mol. The van der Waals surface area contributed by atoms with Crippen LogP contribution in [-0.2, 0) is 24.0 Å². The topological polar surface area (TPSA) is 196 Å². The maximum absolute atomic E-state index is 12.2. The van der Waals surface area contributed by atoms with Gasteiger partial charge in [0.1, 0.15) is 12.1 Å². The van der Waals surface area contributed by atoms with E-state index in [4.69, 9.17) is 21.1 Å². The van der Waals surface area contributed by atoms with Gasteiger partial charge in [0.25, 0.3) is 0 Å². The van der Waals surface area contributed by atoms with Gasteiger partial charge in [-0.3, -0.25) is 19.2 Å². The zero-order chi connectivity index (χ0) is 19.7. The second-order valence-electron chi connectivity index (χ2n) is 5.77. The minimum Gasteiger partial charge on any atom is -0.481 e. The van der Waals surface area contributed by atoms with E-state index in [0.29, 0.717) is 0 Å². The van der Waals surface area contributed by atoms with Crippen molar-refractivity contribution in [2.45, 2.75) is 51.2 Å². The van der Waals surface area contributed by atoms with E-state index in [1.807, 2.05) is 0 Å². The summed E-state index contributed by atoms with van der Waals surface area (Å²) < 4.78 is 0. The molecule has 0 rings (SSSR count). The Morgan fingerprint density at radius 1 is 0.920 bits per heavy atom. The van der Waals surface area contributed by atoms with E-state index in [1.54, 1.807) is 13.8 Å². The average Bonchev–Trinajstić information content (AvgIpc) is 2.46. The summed E-state index contributed by atoms with van der Waals surface area (Å²) in [5.74, 6) is -6.06. The predicted octanol–water partition coefficient (Wildman–Crippen LogP) is -1.64. The molecule has 0 aromatic rings. The van der Waals surface area contributed by atoms with Gasteiger partial charge >= 0.3 is 17.9 Å². The van der Waals surface area contributed by atoms with E-state index in [2.05, 4.69) is 10.6 Å². The normalized spacial score (nSPS) is 14.2. The number of hydrogen-bond acceptors (Lipinski definition) is 6. The lowest BCUT2D eigenvalue weighted by Crippen LogP contribution is -2.56. The summed E-state index contributed by atoms with van der Waals surface area (Å²) in [4.78, 5) is 56.3. The van der Waals surface area contributed by atoms with Crippen LogP contribution in [0.5, 0.6) is 0 Å². The molecule has 3 atom stereocenters. The highest BCUT2D eigenvalue weighted by Crippen LogP contribution is 2.06. The summed E-state index contributed by atoms with van der Waals surface area (Å²) in [6.45, 7) is 3.17. The van der Waals surface area contributed by atoms with Gasteiger partial charge in [-0.2, -0.15) is 0 Å². The Kier molecular flexibility index (Phi) is 9.13. The number of nitrogens with two attached hydrogens (primary N) is 1. The van der Waals surface area contributed by atoms with Gasteiger partial charge < -0.3 is 31.7 Å². The van der Waals surface area contributed by atoms with Crippen molar-refractivity contribution >= 4 is 29.7 Å². The van der Waals surface area contributed by atoms with E-state index in [0.717, 1.165) is 0 Å². The smallest absolute Gasteiger partial charge is 0.326 e. The number of nitrogens with one attached hydrogen (secondary N) is 2. The van der Waals surface area contributed by atoms with Gasteiger partial charge in [0.2, 0.25) is 11.8 Å². The Labute approximate surface area is 143 Å². The molecule has 0 aliphatic rings. The summed E-state index contributed by atoms with van der Waals surface area (Å²) in [6.07, 6.45) is -1.41. The summed E-state index contributed by atoms with van der Waals surface area (Å²) in [6, 6.07) is -3.96. The van der Waals surface area contributed by atoms with Crippen LogP contribution in [0.3, 0.4) is 0 Å². The van der Waals surface area contributed by atoms with Crippen molar-refractivity contribution in [1.82, 2.24) is 10.6 Å².